The number of hydrogen-bond donors (Lipinski definition) is 2. The van der Waals surface area contributed by atoms with Gasteiger partial charge in [0.2, 0.25) is 0 Å². The summed E-state index contributed by atoms with van der Waals surface area (Å²) in [6.45, 7) is 6.92. The van der Waals surface area contributed by atoms with Crippen LogP contribution in [0.3, 0.4) is 0 Å². The van der Waals surface area contributed by atoms with Gasteiger partial charge in [-0.25, -0.2) is 0 Å². The third-order valence-electron chi connectivity index (χ3n) is 10.00. The van der Waals surface area contributed by atoms with Crippen molar-refractivity contribution in [3.05, 3.63) is 35.9 Å². The lowest BCUT2D eigenvalue weighted by Crippen LogP contribution is -2.51. The van der Waals surface area contributed by atoms with E-state index in [1.807, 2.05) is 0 Å². The van der Waals surface area contributed by atoms with Crippen LogP contribution in [0.5, 0.6) is 0 Å². The van der Waals surface area contributed by atoms with Gasteiger partial charge in [0.1, 0.15) is 0 Å². The standard InChI is InChI=1S/C27H41NO/c1-26(29)14-12-22-20(16-26)8-10-24-23(22)13-15-27(2)21(9-11-25(24)27)18-28-17-19-6-4-3-5-7-19/h3-7,20-25,28-29H,8-18H2,1-2H3/t20-,21-,22+,23-,24-,25+,26-,27-/m1/s1. The summed E-state index contributed by atoms with van der Waals surface area (Å²) in [4.78, 5) is 0. The van der Waals surface area contributed by atoms with E-state index in [-0.39, 0.29) is 5.60 Å². The summed E-state index contributed by atoms with van der Waals surface area (Å²) in [5.74, 6) is 5.44. The second-order valence-corrected chi connectivity index (χ2v) is 11.6. The summed E-state index contributed by atoms with van der Waals surface area (Å²) in [5.41, 5.74) is 1.57. The van der Waals surface area contributed by atoms with Crippen molar-refractivity contribution < 1.29 is 5.11 Å². The monoisotopic (exact) mass is 395 g/mol. The van der Waals surface area contributed by atoms with Gasteiger partial charge in [0, 0.05) is 6.54 Å². The van der Waals surface area contributed by atoms with Crippen molar-refractivity contribution in [3.8, 4) is 0 Å². The average molecular weight is 396 g/mol. The minimum Gasteiger partial charge on any atom is -0.390 e. The number of benzene rings is 1. The van der Waals surface area contributed by atoms with Crippen molar-refractivity contribution in [2.75, 3.05) is 6.54 Å². The van der Waals surface area contributed by atoms with Crippen LogP contribution in [-0.2, 0) is 6.54 Å². The molecule has 1 aromatic rings. The number of fused-ring (bicyclic) bond motifs is 5. The highest BCUT2D eigenvalue weighted by atomic mass is 16.3. The first kappa shape index (κ1) is 20.1. The Morgan fingerprint density at radius 2 is 1.69 bits per heavy atom. The van der Waals surface area contributed by atoms with Gasteiger partial charge in [0.25, 0.3) is 0 Å². The molecular weight excluding hydrogens is 354 g/mol. The largest absolute Gasteiger partial charge is 0.390 e. The second kappa shape index (κ2) is 7.68. The zero-order chi connectivity index (χ0) is 20.1. The Kier molecular flexibility index (Phi) is 5.31. The van der Waals surface area contributed by atoms with Gasteiger partial charge in [0.15, 0.2) is 0 Å². The van der Waals surface area contributed by atoms with Crippen molar-refractivity contribution in [1.82, 2.24) is 5.32 Å². The fourth-order valence-electron chi connectivity index (χ4n) is 8.51. The fraction of sp³-hybridized carbons (Fsp3) is 0.778. The first-order valence-corrected chi connectivity index (χ1v) is 12.4. The smallest absolute Gasteiger partial charge is 0.0622 e. The fourth-order valence-corrected chi connectivity index (χ4v) is 8.51. The highest BCUT2D eigenvalue weighted by Crippen LogP contribution is 2.64. The molecule has 2 heteroatoms. The van der Waals surface area contributed by atoms with Gasteiger partial charge >= 0.3 is 0 Å². The zero-order valence-corrected chi connectivity index (χ0v) is 18.6. The van der Waals surface area contributed by atoms with Crippen LogP contribution in [0.4, 0.5) is 0 Å². The quantitative estimate of drug-likeness (QED) is 0.675. The van der Waals surface area contributed by atoms with Crippen LogP contribution >= 0.6 is 0 Å². The Morgan fingerprint density at radius 3 is 2.52 bits per heavy atom. The summed E-state index contributed by atoms with van der Waals surface area (Å²) in [6, 6.07) is 10.9. The lowest BCUT2D eigenvalue weighted by Gasteiger charge is -2.57. The summed E-state index contributed by atoms with van der Waals surface area (Å²) in [5, 5.41) is 14.4. The molecule has 0 bridgehead atoms. The summed E-state index contributed by atoms with van der Waals surface area (Å²) >= 11 is 0. The molecule has 0 unspecified atom stereocenters. The van der Waals surface area contributed by atoms with E-state index >= 15 is 0 Å². The third kappa shape index (κ3) is 3.69. The topological polar surface area (TPSA) is 32.3 Å². The average Bonchev–Trinajstić information content (AvgIpc) is 3.04. The van der Waals surface area contributed by atoms with Crippen molar-refractivity contribution in [1.29, 1.82) is 0 Å². The molecule has 4 aliphatic rings. The van der Waals surface area contributed by atoms with Crippen molar-refractivity contribution in [2.45, 2.75) is 83.8 Å². The maximum Gasteiger partial charge on any atom is 0.0622 e. The summed E-state index contributed by atoms with van der Waals surface area (Å²) in [7, 11) is 0. The summed E-state index contributed by atoms with van der Waals surface area (Å²) in [6.07, 6.45) is 12.0. The minimum atomic E-state index is -0.389. The molecule has 29 heavy (non-hydrogen) atoms. The number of hydrogen-bond acceptors (Lipinski definition) is 2. The predicted octanol–water partition coefficient (Wildman–Crippen LogP) is 5.80. The van der Waals surface area contributed by atoms with Gasteiger partial charge in [-0.1, -0.05) is 37.3 Å². The molecule has 0 spiro atoms. The minimum absolute atomic E-state index is 0.389. The molecule has 1 aromatic carbocycles. The molecule has 4 saturated carbocycles. The van der Waals surface area contributed by atoms with E-state index in [0.717, 1.165) is 54.9 Å². The van der Waals surface area contributed by atoms with Crippen molar-refractivity contribution in [2.24, 2.45) is 40.9 Å². The van der Waals surface area contributed by atoms with E-state index in [2.05, 4.69) is 49.5 Å². The van der Waals surface area contributed by atoms with E-state index in [9.17, 15) is 5.11 Å². The van der Waals surface area contributed by atoms with Crippen LogP contribution in [0.25, 0.3) is 0 Å². The highest BCUT2D eigenvalue weighted by Gasteiger charge is 2.57. The molecule has 5 rings (SSSR count). The maximum atomic E-state index is 10.6. The number of aliphatic hydroxyl groups is 1. The molecule has 0 heterocycles. The van der Waals surface area contributed by atoms with Gasteiger partial charge in [-0.05, 0) is 118 Å². The molecule has 0 saturated heterocycles. The Hall–Kier alpha value is -0.860. The molecule has 0 aromatic heterocycles. The summed E-state index contributed by atoms with van der Waals surface area (Å²) < 4.78 is 0. The molecule has 0 amide bonds. The maximum absolute atomic E-state index is 10.6. The van der Waals surface area contributed by atoms with Gasteiger partial charge in [0.05, 0.1) is 5.60 Å². The molecular formula is C27H41NO. The van der Waals surface area contributed by atoms with Crippen LogP contribution in [0, 0.1) is 40.9 Å². The van der Waals surface area contributed by atoms with Crippen LogP contribution in [0.15, 0.2) is 30.3 Å². The molecule has 2 nitrogen and oxygen atoms in total. The number of nitrogens with one attached hydrogen (secondary N) is 1. The zero-order valence-electron chi connectivity index (χ0n) is 18.6. The first-order chi connectivity index (χ1) is 14.0. The Labute approximate surface area is 177 Å². The Bertz CT molecular complexity index is 700. The normalized spacial score (nSPS) is 46.6. The van der Waals surface area contributed by atoms with E-state index in [1.165, 1.54) is 57.1 Å². The van der Waals surface area contributed by atoms with Crippen molar-refractivity contribution in [3.63, 3.8) is 0 Å². The Morgan fingerprint density at radius 1 is 0.897 bits per heavy atom. The van der Waals surface area contributed by atoms with Gasteiger partial charge in [-0.2, -0.15) is 0 Å². The number of rotatable bonds is 4. The first-order valence-electron chi connectivity index (χ1n) is 12.4. The van der Waals surface area contributed by atoms with Crippen molar-refractivity contribution >= 4 is 0 Å². The lowest BCUT2D eigenvalue weighted by atomic mass is 9.49. The van der Waals surface area contributed by atoms with Crippen LogP contribution in [0.2, 0.25) is 0 Å². The van der Waals surface area contributed by atoms with E-state index in [0.29, 0.717) is 5.41 Å². The molecule has 0 aliphatic heterocycles. The van der Waals surface area contributed by atoms with E-state index in [1.54, 1.807) is 0 Å². The van der Waals surface area contributed by atoms with Crippen LogP contribution < -0.4 is 5.32 Å². The highest BCUT2D eigenvalue weighted by molar-refractivity contribution is 5.14. The Balaban J connectivity index is 1.23. The van der Waals surface area contributed by atoms with Crippen LogP contribution in [-0.4, -0.2) is 17.3 Å². The second-order valence-electron chi connectivity index (χ2n) is 11.6. The van der Waals surface area contributed by atoms with Crippen LogP contribution in [0.1, 0.15) is 77.2 Å². The molecule has 2 N–H and O–H groups in total. The third-order valence-corrected chi connectivity index (χ3v) is 10.00. The van der Waals surface area contributed by atoms with Gasteiger partial charge in [-0.15, -0.1) is 0 Å². The molecule has 4 aliphatic carbocycles. The van der Waals surface area contributed by atoms with E-state index < -0.39 is 0 Å². The predicted molar refractivity (Wildman–Crippen MR) is 119 cm³/mol. The van der Waals surface area contributed by atoms with Gasteiger partial charge < -0.3 is 10.4 Å². The molecule has 8 atom stereocenters. The van der Waals surface area contributed by atoms with E-state index in [4.69, 9.17) is 0 Å². The SMILES string of the molecule is C[C@@]1(O)CC[C@H]2[C@H](CC[C@@H]3[C@@H]2CC[C@]2(C)[C@@H](CNCc4ccccc4)CC[C@@H]32)C1. The molecule has 160 valence electrons. The lowest BCUT2D eigenvalue weighted by molar-refractivity contribution is -0.0994. The molecule has 0 radical (unpaired) electrons. The molecule has 4 fully saturated rings. The van der Waals surface area contributed by atoms with Gasteiger partial charge in [-0.3, -0.25) is 0 Å².